The molecule has 0 aliphatic carbocycles. The van der Waals surface area contributed by atoms with Gasteiger partial charge in [-0.15, -0.1) is 0 Å². The van der Waals surface area contributed by atoms with Crippen molar-refractivity contribution in [3.8, 4) is 6.07 Å². The van der Waals surface area contributed by atoms with Crippen LogP contribution in [0.2, 0.25) is 5.02 Å². The van der Waals surface area contributed by atoms with Crippen molar-refractivity contribution in [2.45, 2.75) is 19.8 Å². The Kier molecular flexibility index (Phi) is 3.96. The molecule has 1 aliphatic rings. The lowest BCUT2D eigenvalue weighted by Crippen LogP contribution is -2.43. The number of urea groups is 1. The van der Waals surface area contributed by atoms with E-state index >= 15 is 0 Å². The van der Waals surface area contributed by atoms with Crippen molar-refractivity contribution in [2.75, 3.05) is 18.4 Å². The number of nitrogens with zero attached hydrogens (tertiary/aromatic N) is 2. The Balaban J connectivity index is 1.96. The summed E-state index contributed by atoms with van der Waals surface area (Å²) in [5.41, 5.74) is 0.309. The maximum absolute atomic E-state index is 12.1. The monoisotopic (exact) mass is 277 g/mol. The molecule has 0 bridgehead atoms. The van der Waals surface area contributed by atoms with Crippen LogP contribution in [-0.4, -0.2) is 24.0 Å². The Morgan fingerprint density at radius 1 is 1.42 bits per heavy atom. The number of likely N-dealkylation sites (tertiary alicyclic amines) is 1. The van der Waals surface area contributed by atoms with Gasteiger partial charge in [-0.25, -0.2) is 4.79 Å². The van der Waals surface area contributed by atoms with E-state index in [1.807, 2.05) is 19.1 Å². The van der Waals surface area contributed by atoms with Crippen molar-refractivity contribution in [3.63, 3.8) is 0 Å². The number of anilines is 1. The summed E-state index contributed by atoms with van der Waals surface area (Å²) in [5.74, 6) is 0. The SMILES string of the molecule is CC1(C#N)CCN(C(=O)Nc2ccccc2Cl)CC1. The summed E-state index contributed by atoms with van der Waals surface area (Å²) in [4.78, 5) is 13.8. The molecule has 1 heterocycles. The van der Waals surface area contributed by atoms with E-state index in [4.69, 9.17) is 16.9 Å². The zero-order valence-corrected chi connectivity index (χ0v) is 11.6. The van der Waals surface area contributed by atoms with Crippen LogP contribution in [0.15, 0.2) is 24.3 Å². The Morgan fingerprint density at radius 2 is 2.05 bits per heavy atom. The molecule has 0 atom stereocenters. The second-order valence-corrected chi connectivity index (χ2v) is 5.48. The fourth-order valence-electron chi connectivity index (χ4n) is 2.07. The van der Waals surface area contributed by atoms with E-state index in [2.05, 4.69) is 11.4 Å². The first kappa shape index (κ1) is 13.7. The molecule has 1 saturated heterocycles. The van der Waals surface area contributed by atoms with Crippen LogP contribution in [0.4, 0.5) is 10.5 Å². The number of hydrogen-bond donors (Lipinski definition) is 1. The first-order valence-corrected chi connectivity index (χ1v) is 6.64. The largest absolute Gasteiger partial charge is 0.324 e. The van der Waals surface area contributed by atoms with Gasteiger partial charge in [0, 0.05) is 13.1 Å². The van der Waals surface area contributed by atoms with Crippen LogP contribution in [0.5, 0.6) is 0 Å². The fraction of sp³-hybridized carbons (Fsp3) is 0.429. The molecule has 100 valence electrons. The number of benzene rings is 1. The Labute approximate surface area is 118 Å². The third kappa shape index (κ3) is 3.18. The van der Waals surface area contributed by atoms with E-state index in [9.17, 15) is 4.79 Å². The zero-order valence-electron chi connectivity index (χ0n) is 10.8. The van der Waals surface area contributed by atoms with Gasteiger partial charge in [0.2, 0.25) is 0 Å². The molecule has 4 nitrogen and oxygen atoms in total. The summed E-state index contributed by atoms with van der Waals surface area (Å²) >= 11 is 6.00. The second kappa shape index (κ2) is 5.50. The molecule has 0 aromatic heterocycles. The normalized spacial score (nSPS) is 17.6. The maximum atomic E-state index is 12.1. The molecule has 0 spiro atoms. The topological polar surface area (TPSA) is 56.1 Å². The highest BCUT2D eigenvalue weighted by atomic mass is 35.5. The summed E-state index contributed by atoms with van der Waals surface area (Å²) in [6, 6.07) is 9.30. The smallest absolute Gasteiger partial charge is 0.321 e. The molecule has 0 unspecified atom stereocenters. The van der Waals surface area contributed by atoms with Crippen molar-refractivity contribution in [2.24, 2.45) is 5.41 Å². The van der Waals surface area contributed by atoms with Crippen molar-refractivity contribution in [1.82, 2.24) is 4.90 Å². The van der Waals surface area contributed by atoms with E-state index in [0.717, 1.165) is 0 Å². The number of nitrogens with one attached hydrogen (secondary N) is 1. The van der Waals surface area contributed by atoms with Gasteiger partial charge in [0.05, 0.1) is 22.2 Å². The van der Waals surface area contributed by atoms with Crippen molar-refractivity contribution >= 4 is 23.3 Å². The molecule has 1 N–H and O–H groups in total. The first-order chi connectivity index (χ1) is 9.04. The van der Waals surface area contributed by atoms with Gasteiger partial charge in [-0.2, -0.15) is 5.26 Å². The highest BCUT2D eigenvalue weighted by molar-refractivity contribution is 6.33. The lowest BCUT2D eigenvalue weighted by atomic mass is 9.82. The molecule has 1 aliphatic heterocycles. The first-order valence-electron chi connectivity index (χ1n) is 6.26. The van der Waals surface area contributed by atoms with E-state index in [0.29, 0.717) is 36.6 Å². The summed E-state index contributed by atoms with van der Waals surface area (Å²) in [7, 11) is 0. The quantitative estimate of drug-likeness (QED) is 0.854. The number of rotatable bonds is 1. The van der Waals surface area contributed by atoms with Crippen LogP contribution >= 0.6 is 11.6 Å². The minimum atomic E-state index is -0.304. The number of para-hydroxylation sites is 1. The summed E-state index contributed by atoms with van der Waals surface area (Å²) in [6.07, 6.45) is 1.42. The van der Waals surface area contributed by atoms with Gasteiger partial charge in [0.1, 0.15) is 0 Å². The molecular formula is C14H16ClN3O. The van der Waals surface area contributed by atoms with Gasteiger partial charge in [0.25, 0.3) is 0 Å². The molecule has 5 heteroatoms. The maximum Gasteiger partial charge on any atom is 0.321 e. The van der Waals surface area contributed by atoms with Crippen LogP contribution in [-0.2, 0) is 0 Å². The van der Waals surface area contributed by atoms with Crippen molar-refractivity contribution < 1.29 is 4.79 Å². The standard InChI is InChI=1S/C14H16ClN3O/c1-14(10-16)6-8-18(9-7-14)13(19)17-12-5-3-2-4-11(12)15/h2-5H,6-9H2,1H3,(H,17,19). The molecule has 2 rings (SSSR count). The lowest BCUT2D eigenvalue weighted by molar-refractivity contribution is 0.166. The summed E-state index contributed by atoms with van der Waals surface area (Å²) < 4.78 is 0. The van der Waals surface area contributed by atoms with Gasteiger partial charge in [-0.3, -0.25) is 0 Å². The molecule has 2 amide bonds. The van der Waals surface area contributed by atoms with Gasteiger partial charge < -0.3 is 10.2 Å². The van der Waals surface area contributed by atoms with Crippen molar-refractivity contribution in [3.05, 3.63) is 29.3 Å². The highest BCUT2D eigenvalue weighted by Crippen LogP contribution is 2.30. The highest BCUT2D eigenvalue weighted by Gasteiger charge is 2.31. The van der Waals surface area contributed by atoms with Crippen LogP contribution in [0, 0.1) is 16.7 Å². The Hall–Kier alpha value is -1.73. The average molecular weight is 278 g/mol. The molecule has 0 saturated carbocycles. The van der Waals surface area contributed by atoms with Crippen molar-refractivity contribution in [1.29, 1.82) is 5.26 Å². The Bertz CT molecular complexity index is 516. The van der Waals surface area contributed by atoms with E-state index in [-0.39, 0.29) is 11.4 Å². The Morgan fingerprint density at radius 3 is 2.63 bits per heavy atom. The predicted octanol–water partition coefficient (Wildman–Crippen LogP) is 3.50. The zero-order chi connectivity index (χ0) is 13.9. The minimum absolute atomic E-state index is 0.159. The van der Waals surface area contributed by atoms with Gasteiger partial charge in [-0.1, -0.05) is 23.7 Å². The van der Waals surface area contributed by atoms with Crippen LogP contribution in [0.1, 0.15) is 19.8 Å². The molecule has 1 aromatic carbocycles. The number of piperidine rings is 1. The van der Waals surface area contributed by atoms with E-state index in [1.165, 1.54) is 0 Å². The summed E-state index contributed by atoms with van der Waals surface area (Å²) in [6.45, 7) is 3.14. The molecule has 1 aromatic rings. The number of nitriles is 1. The molecule has 1 fully saturated rings. The van der Waals surface area contributed by atoms with Crippen LogP contribution in [0.25, 0.3) is 0 Å². The van der Waals surface area contributed by atoms with Crippen LogP contribution < -0.4 is 5.32 Å². The number of carbonyl (C=O) groups excluding carboxylic acids is 1. The number of carbonyl (C=O) groups is 1. The molecular weight excluding hydrogens is 262 g/mol. The van der Waals surface area contributed by atoms with Gasteiger partial charge in [0.15, 0.2) is 0 Å². The third-order valence-electron chi connectivity index (χ3n) is 3.54. The van der Waals surface area contributed by atoms with Crippen LogP contribution in [0.3, 0.4) is 0 Å². The van der Waals surface area contributed by atoms with Gasteiger partial charge in [-0.05, 0) is 31.9 Å². The molecule has 19 heavy (non-hydrogen) atoms. The molecule has 0 radical (unpaired) electrons. The predicted molar refractivity (Wildman–Crippen MR) is 75.0 cm³/mol. The third-order valence-corrected chi connectivity index (χ3v) is 3.87. The second-order valence-electron chi connectivity index (χ2n) is 5.07. The lowest BCUT2D eigenvalue weighted by Gasteiger charge is -2.34. The number of amides is 2. The number of hydrogen-bond acceptors (Lipinski definition) is 2. The summed E-state index contributed by atoms with van der Waals surface area (Å²) in [5, 5.41) is 12.4. The van der Waals surface area contributed by atoms with Gasteiger partial charge >= 0.3 is 6.03 Å². The van der Waals surface area contributed by atoms with E-state index < -0.39 is 0 Å². The van der Waals surface area contributed by atoms with E-state index in [1.54, 1.807) is 17.0 Å². The minimum Gasteiger partial charge on any atom is -0.324 e. The average Bonchev–Trinajstić information content (AvgIpc) is 2.42. The fourth-order valence-corrected chi connectivity index (χ4v) is 2.25. The number of halogens is 1.